The standard InChI is InChI=1S/C43H59N5S5/c1-10-15-17-26(12-3)19-28-21-33(51-36(28)30-23-31-37(50-30)38-32(49-31)24-35(53-38)43(8,9)25-44)40-45-47-41(48-46-40)34-22-29(20-27(13-4)18-16-11-2)39(52-34)42(6,7)14-5/h21-24,26-27H,10-20,25,44H2,1-9H3. The van der Waals surface area contributed by atoms with E-state index in [1.807, 2.05) is 56.7 Å². The molecule has 0 radical (unpaired) electrons. The van der Waals surface area contributed by atoms with E-state index in [-0.39, 0.29) is 10.8 Å². The van der Waals surface area contributed by atoms with E-state index >= 15 is 0 Å². The second-order valence-corrected chi connectivity index (χ2v) is 21.5. The Bertz CT molecular complexity index is 2090. The molecule has 0 aliphatic carbocycles. The first-order chi connectivity index (χ1) is 25.4. The molecule has 2 unspecified atom stereocenters. The highest BCUT2D eigenvalue weighted by Gasteiger charge is 2.28. The van der Waals surface area contributed by atoms with Crippen LogP contribution >= 0.6 is 56.7 Å². The van der Waals surface area contributed by atoms with Gasteiger partial charge in [0.25, 0.3) is 0 Å². The normalized spacial score (nSPS) is 13.8. The Balaban J connectivity index is 1.34. The van der Waals surface area contributed by atoms with Crippen molar-refractivity contribution >= 4 is 75.5 Å². The molecule has 53 heavy (non-hydrogen) atoms. The van der Waals surface area contributed by atoms with Crippen LogP contribution in [0.3, 0.4) is 0 Å². The minimum Gasteiger partial charge on any atom is -0.330 e. The summed E-state index contributed by atoms with van der Waals surface area (Å²) in [5.41, 5.74) is 9.13. The number of thiophene rings is 5. The molecule has 286 valence electrons. The predicted molar refractivity (Wildman–Crippen MR) is 238 cm³/mol. The Hall–Kier alpha value is -2.08. The summed E-state index contributed by atoms with van der Waals surface area (Å²) in [6.45, 7) is 21.5. The zero-order valence-electron chi connectivity index (χ0n) is 33.4. The minimum absolute atomic E-state index is 0.0105. The summed E-state index contributed by atoms with van der Waals surface area (Å²) < 4.78 is 5.57. The van der Waals surface area contributed by atoms with Gasteiger partial charge in [-0.1, -0.05) is 114 Å². The molecule has 6 aromatic rings. The molecule has 2 N–H and O–H groups in total. The van der Waals surface area contributed by atoms with Crippen LogP contribution < -0.4 is 5.73 Å². The molecule has 0 aliphatic rings. The Labute approximate surface area is 337 Å². The highest BCUT2D eigenvalue weighted by Crippen LogP contribution is 2.50. The van der Waals surface area contributed by atoms with Crippen molar-refractivity contribution in [2.75, 3.05) is 6.54 Å². The monoisotopic (exact) mass is 805 g/mol. The summed E-state index contributed by atoms with van der Waals surface area (Å²) in [6.07, 6.45) is 13.3. The van der Waals surface area contributed by atoms with E-state index in [0.717, 1.165) is 29.0 Å². The Morgan fingerprint density at radius 3 is 1.72 bits per heavy atom. The van der Waals surface area contributed by atoms with Gasteiger partial charge in [0.1, 0.15) is 0 Å². The van der Waals surface area contributed by atoms with Crippen molar-refractivity contribution in [2.45, 2.75) is 144 Å². The van der Waals surface area contributed by atoms with E-state index in [9.17, 15) is 0 Å². The highest BCUT2D eigenvalue weighted by molar-refractivity contribution is 7.40. The van der Waals surface area contributed by atoms with Crippen LogP contribution in [0.15, 0.2) is 24.3 Å². The van der Waals surface area contributed by atoms with Gasteiger partial charge < -0.3 is 5.73 Å². The molecule has 0 amide bonds. The third kappa shape index (κ3) is 8.83. The summed E-state index contributed by atoms with van der Waals surface area (Å²) >= 11 is 9.43. The lowest BCUT2D eigenvalue weighted by Crippen LogP contribution is -2.26. The summed E-state index contributed by atoms with van der Waals surface area (Å²) in [6, 6.07) is 9.49. The number of nitrogens with two attached hydrogens (primary N) is 1. The molecule has 0 saturated carbocycles. The summed E-state index contributed by atoms with van der Waals surface area (Å²) in [5, 5.41) is 19.0. The maximum Gasteiger partial charge on any atom is 0.213 e. The van der Waals surface area contributed by atoms with Gasteiger partial charge in [-0.2, -0.15) is 0 Å². The zero-order chi connectivity index (χ0) is 37.9. The van der Waals surface area contributed by atoms with Crippen LogP contribution in [-0.2, 0) is 23.7 Å². The minimum atomic E-state index is -0.0105. The quantitative estimate of drug-likeness (QED) is 0.0882. The summed E-state index contributed by atoms with van der Waals surface area (Å²) in [5.74, 6) is 2.62. The molecular weight excluding hydrogens is 747 g/mol. The molecule has 0 aliphatic heterocycles. The largest absolute Gasteiger partial charge is 0.330 e. The average Bonchev–Trinajstić information content (AvgIpc) is 3.99. The van der Waals surface area contributed by atoms with Gasteiger partial charge in [0.05, 0.1) is 19.2 Å². The Morgan fingerprint density at radius 2 is 1.15 bits per heavy atom. The van der Waals surface area contributed by atoms with Crippen molar-refractivity contribution < 1.29 is 0 Å². The first kappa shape index (κ1) is 40.6. The summed E-state index contributed by atoms with van der Waals surface area (Å²) in [7, 11) is 0. The number of unbranched alkanes of at least 4 members (excludes halogenated alkanes) is 2. The highest BCUT2D eigenvalue weighted by atomic mass is 32.1. The van der Waals surface area contributed by atoms with Gasteiger partial charge in [0, 0.05) is 40.9 Å². The van der Waals surface area contributed by atoms with Crippen molar-refractivity contribution in [3.63, 3.8) is 0 Å². The average molecular weight is 806 g/mol. The Kier molecular flexibility index (Phi) is 13.3. The third-order valence-electron chi connectivity index (χ3n) is 11.4. The molecule has 0 spiro atoms. The fourth-order valence-electron chi connectivity index (χ4n) is 7.14. The first-order valence-electron chi connectivity index (χ1n) is 20.0. The molecule has 5 nitrogen and oxygen atoms in total. The third-order valence-corrected chi connectivity index (χ3v) is 18.4. The molecule has 2 atom stereocenters. The molecule has 6 rings (SSSR count). The van der Waals surface area contributed by atoms with Crippen molar-refractivity contribution in [2.24, 2.45) is 17.6 Å². The first-order valence-corrected chi connectivity index (χ1v) is 24.0. The number of hydrogen-bond acceptors (Lipinski definition) is 10. The van der Waals surface area contributed by atoms with E-state index in [2.05, 4.69) is 86.6 Å². The lowest BCUT2D eigenvalue weighted by Gasteiger charge is -2.24. The topological polar surface area (TPSA) is 77.6 Å². The second kappa shape index (κ2) is 17.4. The van der Waals surface area contributed by atoms with Crippen LogP contribution in [0.5, 0.6) is 0 Å². The zero-order valence-corrected chi connectivity index (χ0v) is 37.4. The van der Waals surface area contributed by atoms with Gasteiger partial charge in [0.15, 0.2) is 0 Å². The van der Waals surface area contributed by atoms with Crippen LogP contribution in [0.1, 0.15) is 141 Å². The van der Waals surface area contributed by atoms with E-state index in [1.165, 1.54) is 101 Å². The van der Waals surface area contributed by atoms with Gasteiger partial charge in [-0.15, -0.1) is 77.1 Å². The number of aromatic nitrogens is 4. The van der Waals surface area contributed by atoms with Crippen molar-refractivity contribution in [1.29, 1.82) is 0 Å². The van der Waals surface area contributed by atoms with Crippen molar-refractivity contribution in [3.8, 4) is 31.2 Å². The van der Waals surface area contributed by atoms with Crippen LogP contribution in [0.25, 0.3) is 50.0 Å². The van der Waals surface area contributed by atoms with Crippen molar-refractivity contribution in [1.82, 2.24) is 20.4 Å². The molecule has 6 aromatic heterocycles. The molecular formula is C43H59N5S5. The van der Waals surface area contributed by atoms with Gasteiger partial charge in [-0.05, 0) is 71.9 Å². The van der Waals surface area contributed by atoms with Crippen molar-refractivity contribution in [3.05, 3.63) is 45.1 Å². The smallest absolute Gasteiger partial charge is 0.213 e. The van der Waals surface area contributed by atoms with Gasteiger partial charge in [-0.25, -0.2) is 0 Å². The van der Waals surface area contributed by atoms with Gasteiger partial charge >= 0.3 is 0 Å². The predicted octanol–water partition coefficient (Wildman–Crippen LogP) is 14.3. The lowest BCUT2D eigenvalue weighted by atomic mass is 9.83. The molecule has 6 heterocycles. The van der Waals surface area contributed by atoms with E-state index in [4.69, 9.17) is 26.1 Å². The van der Waals surface area contributed by atoms with Crippen LogP contribution in [-0.4, -0.2) is 26.9 Å². The molecule has 10 heteroatoms. The fraction of sp³-hybridized carbons (Fsp3) is 0.581. The van der Waals surface area contributed by atoms with Crippen LogP contribution in [0.4, 0.5) is 0 Å². The van der Waals surface area contributed by atoms with Crippen LogP contribution in [0, 0.1) is 11.8 Å². The van der Waals surface area contributed by atoms with Gasteiger partial charge in [-0.3, -0.25) is 0 Å². The fourth-order valence-corrected chi connectivity index (χ4v) is 13.8. The molecule has 0 saturated heterocycles. The molecule has 0 aromatic carbocycles. The van der Waals surface area contributed by atoms with E-state index < -0.39 is 0 Å². The van der Waals surface area contributed by atoms with Crippen LogP contribution in [0.2, 0.25) is 0 Å². The number of hydrogen-bond donors (Lipinski definition) is 1. The SMILES string of the molecule is CCCCC(CC)Cc1cc(-c2nnc(-c3cc(CC(CC)CCCC)c(C(C)(C)CC)s3)nn2)sc1-c1cc2sc3cc(C(C)(C)CN)sc3c2s1. The second-order valence-electron chi connectivity index (χ2n) is 16.3. The number of rotatable bonds is 19. The maximum absolute atomic E-state index is 6.16. The lowest BCUT2D eigenvalue weighted by molar-refractivity contribution is 0.441. The number of fused-ring (bicyclic) bond motifs is 3. The van der Waals surface area contributed by atoms with E-state index in [1.54, 1.807) is 0 Å². The number of nitrogens with zero attached hydrogens (tertiary/aromatic N) is 4. The van der Waals surface area contributed by atoms with E-state index in [0.29, 0.717) is 30.0 Å². The molecule has 0 fully saturated rings. The Morgan fingerprint density at radius 1 is 0.604 bits per heavy atom. The maximum atomic E-state index is 6.16. The van der Waals surface area contributed by atoms with Gasteiger partial charge in [0.2, 0.25) is 11.6 Å². The summed E-state index contributed by atoms with van der Waals surface area (Å²) in [4.78, 5) is 7.68. The molecule has 0 bridgehead atoms.